The molecule has 0 radical (unpaired) electrons. The van der Waals surface area contributed by atoms with E-state index in [1.54, 1.807) is 19.1 Å². The number of amides is 1. The zero-order valence-electron chi connectivity index (χ0n) is 15.4. The smallest absolute Gasteiger partial charge is 0.224 e. The third-order valence-electron chi connectivity index (χ3n) is 4.04. The molecule has 2 aromatic carbocycles. The first-order valence-corrected chi connectivity index (χ1v) is 9.05. The summed E-state index contributed by atoms with van der Waals surface area (Å²) >= 11 is 5.91. The Kier molecular flexibility index (Phi) is 6.20. The van der Waals surface area contributed by atoms with E-state index in [4.69, 9.17) is 16.3 Å². The average molecular weight is 404 g/mol. The van der Waals surface area contributed by atoms with Crippen LogP contribution in [0.5, 0.6) is 5.75 Å². The number of nitrogens with zero attached hydrogens (tertiary/aromatic N) is 4. The van der Waals surface area contributed by atoms with Crippen molar-refractivity contribution in [1.29, 1.82) is 0 Å². The van der Waals surface area contributed by atoms with Crippen LogP contribution in [0.1, 0.15) is 24.2 Å². The van der Waals surface area contributed by atoms with Gasteiger partial charge in [-0.05, 0) is 72.7 Å². The van der Waals surface area contributed by atoms with Gasteiger partial charge in [0.2, 0.25) is 5.91 Å². The van der Waals surface area contributed by atoms with Gasteiger partial charge in [0, 0.05) is 11.4 Å². The van der Waals surface area contributed by atoms with Crippen LogP contribution in [0.3, 0.4) is 0 Å². The molecule has 0 atom stereocenters. The fraction of sp³-hybridized carbons (Fsp3) is 0.263. The highest BCUT2D eigenvalue weighted by atomic mass is 35.5. The van der Waals surface area contributed by atoms with Gasteiger partial charge in [-0.15, -0.1) is 5.10 Å². The third kappa shape index (κ3) is 4.83. The Morgan fingerprint density at radius 2 is 2.07 bits per heavy atom. The van der Waals surface area contributed by atoms with Gasteiger partial charge >= 0.3 is 0 Å². The lowest BCUT2D eigenvalue weighted by molar-refractivity contribution is -0.116. The van der Waals surface area contributed by atoms with Gasteiger partial charge in [0.05, 0.1) is 18.0 Å². The number of benzene rings is 2. The van der Waals surface area contributed by atoms with Gasteiger partial charge in [-0.3, -0.25) is 4.79 Å². The molecule has 1 amide bonds. The molecule has 1 heterocycles. The van der Waals surface area contributed by atoms with E-state index in [0.29, 0.717) is 29.6 Å². The maximum Gasteiger partial charge on any atom is 0.224 e. The number of halogens is 2. The molecule has 0 unspecified atom stereocenters. The minimum Gasteiger partial charge on any atom is -0.493 e. The number of tetrazole rings is 1. The fourth-order valence-electron chi connectivity index (χ4n) is 2.61. The van der Waals surface area contributed by atoms with Crippen LogP contribution in [0.15, 0.2) is 36.4 Å². The SMILES string of the molecule is Cc1cc(Cl)ccc1OCCCC(=O)Nc1cc(-n2nnnc2C)ccc1F. The number of carbonyl (C=O) groups is 1. The zero-order valence-corrected chi connectivity index (χ0v) is 16.2. The minimum absolute atomic E-state index is 0.0758. The Bertz CT molecular complexity index is 992. The Morgan fingerprint density at radius 3 is 2.79 bits per heavy atom. The first-order valence-electron chi connectivity index (χ1n) is 8.68. The van der Waals surface area contributed by atoms with Crippen LogP contribution >= 0.6 is 11.6 Å². The molecular weight excluding hydrogens is 385 g/mol. The molecule has 3 aromatic rings. The summed E-state index contributed by atoms with van der Waals surface area (Å²) < 4.78 is 21.2. The van der Waals surface area contributed by atoms with Gasteiger partial charge in [-0.1, -0.05) is 11.6 Å². The molecular formula is C19H19ClFN5O2. The van der Waals surface area contributed by atoms with E-state index < -0.39 is 5.82 Å². The molecule has 1 N–H and O–H groups in total. The van der Waals surface area contributed by atoms with Crippen molar-refractivity contribution in [1.82, 2.24) is 20.2 Å². The quantitative estimate of drug-likeness (QED) is 0.605. The molecule has 146 valence electrons. The second-order valence-electron chi connectivity index (χ2n) is 6.21. The lowest BCUT2D eigenvalue weighted by Crippen LogP contribution is -2.14. The van der Waals surface area contributed by atoms with Crippen molar-refractivity contribution in [3.63, 3.8) is 0 Å². The molecule has 0 aliphatic carbocycles. The topological polar surface area (TPSA) is 81.9 Å². The summed E-state index contributed by atoms with van der Waals surface area (Å²) in [5, 5.41) is 14.4. The number of rotatable bonds is 7. The van der Waals surface area contributed by atoms with Crippen molar-refractivity contribution in [2.75, 3.05) is 11.9 Å². The van der Waals surface area contributed by atoms with Crippen molar-refractivity contribution in [2.24, 2.45) is 0 Å². The largest absolute Gasteiger partial charge is 0.493 e. The van der Waals surface area contributed by atoms with Crippen LogP contribution < -0.4 is 10.1 Å². The van der Waals surface area contributed by atoms with E-state index in [9.17, 15) is 9.18 Å². The number of aryl methyl sites for hydroxylation is 2. The van der Waals surface area contributed by atoms with Crippen LogP contribution in [-0.2, 0) is 4.79 Å². The van der Waals surface area contributed by atoms with Crippen molar-refractivity contribution in [3.05, 3.63) is 58.6 Å². The van der Waals surface area contributed by atoms with E-state index in [2.05, 4.69) is 20.8 Å². The van der Waals surface area contributed by atoms with Crippen molar-refractivity contribution in [2.45, 2.75) is 26.7 Å². The third-order valence-corrected chi connectivity index (χ3v) is 4.27. The first kappa shape index (κ1) is 19.8. The molecule has 0 aliphatic rings. The van der Waals surface area contributed by atoms with Gasteiger partial charge in [-0.2, -0.15) is 4.68 Å². The number of hydrogen-bond donors (Lipinski definition) is 1. The van der Waals surface area contributed by atoms with E-state index >= 15 is 0 Å². The number of aromatic nitrogens is 4. The normalized spacial score (nSPS) is 10.7. The van der Waals surface area contributed by atoms with Crippen LogP contribution in [0.2, 0.25) is 5.02 Å². The van der Waals surface area contributed by atoms with Crippen molar-refractivity contribution in [3.8, 4) is 11.4 Å². The summed E-state index contributed by atoms with van der Waals surface area (Å²) in [6.07, 6.45) is 0.682. The first-order chi connectivity index (χ1) is 13.4. The highest BCUT2D eigenvalue weighted by Crippen LogP contribution is 2.22. The van der Waals surface area contributed by atoms with Crippen molar-refractivity contribution >= 4 is 23.2 Å². The molecule has 28 heavy (non-hydrogen) atoms. The predicted molar refractivity (Wildman–Crippen MR) is 103 cm³/mol. The van der Waals surface area contributed by atoms with Crippen LogP contribution in [0, 0.1) is 19.7 Å². The molecule has 0 bridgehead atoms. The minimum atomic E-state index is -0.532. The maximum absolute atomic E-state index is 14.0. The second-order valence-corrected chi connectivity index (χ2v) is 6.65. The summed E-state index contributed by atoms with van der Waals surface area (Å²) in [7, 11) is 0. The molecule has 0 saturated carbocycles. The molecule has 0 aliphatic heterocycles. The van der Waals surface area contributed by atoms with Gasteiger partial charge in [-0.25, -0.2) is 4.39 Å². The number of hydrogen-bond acceptors (Lipinski definition) is 5. The number of carbonyl (C=O) groups excluding carboxylic acids is 1. The maximum atomic E-state index is 14.0. The fourth-order valence-corrected chi connectivity index (χ4v) is 2.84. The number of ether oxygens (including phenoxy) is 1. The molecule has 1 aromatic heterocycles. The lowest BCUT2D eigenvalue weighted by Gasteiger charge is -2.11. The Labute approximate surface area is 166 Å². The summed E-state index contributed by atoms with van der Waals surface area (Å²) in [5.41, 5.74) is 1.56. The molecule has 0 fully saturated rings. The highest BCUT2D eigenvalue weighted by molar-refractivity contribution is 6.30. The van der Waals surface area contributed by atoms with Crippen molar-refractivity contribution < 1.29 is 13.9 Å². The van der Waals surface area contributed by atoms with E-state index in [1.807, 2.05) is 13.0 Å². The monoisotopic (exact) mass is 403 g/mol. The summed E-state index contributed by atoms with van der Waals surface area (Å²) in [5.74, 6) is 0.440. The molecule has 0 saturated heterocycles. The molecule has 9 heteroatoms. The van der Waals surface area contributed by atoms with Gasteiger partial charge in [0.25, 0.3) is 0 Å². The average Bonchev–Trinajstić information content (AvgIpc) is 3.08. The van der Waals surface area contributed by atoms with E-state index in [-0.39, 0.29) is 18.0 Å². The standard InChI is InChI=1S/C19H19ClFN5O2/c1-12-10-14(20)5-8-18(12)28-9-3-4-19(27)22-17-11-15(6-7-16(17)21)26-13(2)23-24-25-26/h5-8,10-11H,3-4,9H2,1-2H3,(H,22,27). The Balaban J connectivity index is 1.54. The molecule has 7 nitrogen and oxygen atoms in total. The number of nitrogens with one attached hydrogen (secondary N) is 1. The van der Waals surface area contributed by atoms with Gasteiger partial charge in [0.15, 0.2) is 5.82 Å². The van der Waals surface area contributed by atoms with Crippen LogP contribution in [0.4, 0.5) is 10.1 Å². The lowest BCUT2D eigenvalue weighted by atomic mass is 10.2. The Morgan fingerprint density at radius 1 is 1.25 bits per heavy atom. The second kappa shape index (κ2) is 8.79. The van der Waals surface area contributed by atoms with Gasteiger partial charge < -0.3 is 10.1 Å². The van der Waals surface area contributed by atoms with Crippen LogP contribution in [-0.4, -0.2) is 32.7 Å². The predicted octanol–water partition coefficient (Wildman–Crippen LogP) is 3.87. The van der Waals surface area contributed by atoms with E-state index in [1.165, 1.54) is 22.9 Å². The van der Waals surface area contributed by atoms with Crippen LogP contribution in [0.25, 0.3) is 5.69 Å². The summed E-state index contributed by atoms with van der Waals surface area (Å²) in [4.78, 5) is 12.2. The highest BCUT2D eigenvalue weighted by Gasteiger charge is 2.11. The summed E-state index contributed by atoms with van der Waals surface area (Å²) in [6.45, 7) is 3.99. The molecule has 0 spiro atoms. The summed E-state index contributed by atoms with van der Waals surface area (Å²) in [6, 6.07) is 9.64. The molecule has 3 rings (SSSR count). The van der Waals surface area contributed by atoms with Gasteiger partial charge in [0.1, 0.15) is 11.6 Å². The van der Waals surface area contributed by atoms with E-state index in [0.717, 1.165) is 11.3 Å². The zero-order chi connectivity index (χ0) is 20.1. The Hall–Kier alpha value is -3.00. The number of anilines is 1.